The van der Waals surface area contributed by atoms with Gasteiger partial charge >= 0.3 is 0 Å². The zero-order chi connectivity index (χ0) is 12.9. The molecule has 0 atom stereocenters. The highest BCUT2D eigenvalue weighted by atomic mass is 16.5. The lowest BCUT2D eigenvalue weighted by molar-refractivity contribution is 0.114. The van der Waals surface area contributed by atoms with Crippen molar-refractivity contribution in [2.45, 2.75) is 39.9 Å². The Morgan fingerprint density at radius 3 is 2.53 bits per heavy atom. The molecule has 0 saturated carbocycles. The second-order valence-electron chi connectivity index (χ2n) is 4.61. The maximum absolute atomic E-state index is 5.72. The SMILES string of the molecule is CCOCc1nc(NC)cc(OC(C)(C)C)n1. The van der Waals surface area contributed by atoms with E-state index in [0.29, 0.717) is 24.9 Å². The molecule has 0 aliphatic carbocycles. The third-order valence-electron chi connectivity index (χ3n) is 1.85. The van der Waals surface area contributed by atoms with E-state index in [0.717, 1.165) is 5.82 Å². The molecule has 96 valence electrons. The molecule has 5 heteroatoms. The molecule has 0 unspecified atom stereocenters. The van der Waals surface area contributed by atoms with E-state index >= 15 is 0 Å². The Labute approximate surface area is 103 Å². The number of anilines is 1. The van der Waals surface area contributed by atoms with Gasteiger partial charge in [0, 0.05) is 19.7 Å². The van der Waals surface area contributed by atoms with Crippen LogP contribution in [0.15, 0.2) is 6.07 Å². The van der Waals surface area contributed by atoms with Crippen LogP contribution >= 0.6 is 0 Å². The Hall–Kier alpha value is -1.36. The molecular weight excluding hydrogens is 218 g/mol. The fourth-order valence-corrected chi connectivity index (χ4v) is 1.22. The Balaban J connectivity index is 2.88. The third-order valence-corrected chi connectivity index (χ3v) is 1.85. The third kappa shape index (κ3) is 4.99. The summed E-state index contributed by atoms with van der Waals surface area (Å²) in [5.41, 5.74) is -0.276. The highest BCUT2D eigenvalue weighted by Crippen LogP contribution is 2.18. The Morgan fingerprint density at radius 2 is 2.00 bits per heavy atom. The average molecular weight is 239 g/mol. The molecule has 5 nitrogen and oxygen atoms in total. The number of hydrogen-bond acceptors (Lipinski definition) is 5. The molecule has 0 fully saturated rings. The minimum absolute atomic E-state index is 0.276. The zero-order valence-corrected chi connectivity index (χ0v) is 11.2. The fourth-order valence-electron chi connectivity index (χ4n) is 1.22. The van der Waals surface area contributed by atoms with Crippen molar-refractivity contribution >= 4 is 5.82 Å². The van der Waals surface area contributed by atoms with E-state index in [1.807, 2.05) is 34.7 Å². The van der Waals surface area contributed by atoms with Crippen LogP contribution in [0.2, 0.25) is 0 Å². The van der Waals surface area contributed by atoms with Crippen molar-refractivity contribution in [2.75, 3.05) is 19.0 Å². The molecule has 1 aromatic heterocycles. The summed E-state index contributed by atoms with van der Waals surface area (Å²) in [5, 5.41) is 2.98. The van der Waals surface area contributed by atoms with Gasteiger partial charge in [-0.25, -0.2) is 4.98 Å². The molecule has 0 amide bonds. The summed E-state index contributed by atoms with van der Waals surface area (Å²) in [6, 6.07) is 1.78. The molecular formula is C12H21N3O2. The molecule has 0 aliphatic heterocycles. The van der Waals surface area contributed by atoms with Crippen molar-refractivity contribution in [1.29, 1.82) is 0 Å². The van der Waals surface area contributed by atoms with Crippen LogP contribution < -0.4 is 10.1 Å². The van der Waals surface area contributed by atoms with Crippen LogP contribution in [-0.2, 0) is 11.3 Å². The number of hydrogen-bond donors (Lipinski definition) is 1. The van der Waals surface area contributed by atoms with Gasteiger partial charge in [-0.1, -0.05) is 0 Å². The van der Waals surface area contributed by atoms with E-state index in [2.05, 4.69) is 15.3 Å². The molecule has 0 radical (unpaired) electrons. The largest absolute Gasteiger partial charge is 0.472 e. The van der Waals surface area contributed by atoms with Crippen LogP contribution in [0.5, 0.6) is 5.88 Å². The van der Waals surface area contributed by atoms with E-state index in [-0.39, 0.29) is 5.60 Å². The first-order valence-corrected chi connectivity index (χ1v) is 5.77. The maximum atomic E-state index is 5.72. The van der Waals surface area contributed by atoms with Crippen LogP contribution in [0.25, 0.3) is 0 Å². The molecule has 0 spiro atoms. The number of aromatic nitrogens is 2. The first-order valence-electron chi connectivity index (χ1n) is 5.77. The smallest absolute Gasteiger partial charge is 0.219 e. The van der Waals surface area contributed by atoms with Crippen molar-refractivity contribution in [3.05, 3.63) is 11.9 Å². The fraction of sp³-hybridized carbons (Fsp3) is 0.667. The number of nitrogens with zero attached hydrogens (tertiary/aromatic N) is 2. The predicted octanol–water partition coefficient (Wildman–Crippen LogP) is 2.23. The summed E-state index contributed by atoms with van der Waals surface area (Å²) in [4.78, 5) is 8.60. The average Bonchev–Trinajstić information content (AvgIpc) is 2.23. The van der Waals surface area contributed by atoms with Crippen molar-refractivity contribution < 1.29 is 9.47 Å². The molecule has 17 heavy (non-hydrogen) atoms. The van der Waals surface area contributed by atoms with Crippen LogP contribution in [-0.4, -0.2) is 29.2 Å². The molecule has 1 aromatic rings. The first kappa shape index (κ1) is 13.7. The van der Waals surface area contributed by atoms with E-state index in [1.165, 1.54) is 0 Å². The van der Waals surface area contributed by atoms with Gasteiger partial charge in [0.25, 0.3) is 0 Å². The molecule has 1 N–H and O–H groups in total. The molecule has 0 saturated heterocycles. The van der Waals surface area contributed by atoms with Gasteiger partial charge < -0.3 is 14.8 Å². The van der Waals surface area contributed by atoms with Gasteiger partial charge in [-0.05, 0) is 27.7 Å². The Morgan fingerprint density at radius 1 is 1.29 bits per heavy atom. The normalized spacial score (nSPS) is 11.4. The topological polar surface area (TPSA) is 56.3 Å². The van der Waals surface area contributed by atoms with Crippen molar-refractivity contribution in [3.8, 4) is 5.88 Å². The van der Waals surface area contributed by atoms with Gasteiger partial charge in [-0.3, -0.25) is 0 Å². The lowest BCUT2D eigenvalue weighted by Gasteiger charge is -2.20. The van der Waals surface area contributed by atoms with Crippen molar-refractivity contribution in [2.24, 2.45) is 0 Å². The minimum atomic E-state index is -0.276. The molecule has 0 aliphatic rings. The lowest BCUT2D eigenvalue weighted by Crippen LogP contribution is -2.24. The van der Waals surface area contributed by atoms with E-state index < -0.39 is 0 Å². The standard InChI is InChI=1S/C12H21N3O2/c1-6-16-8-10-14-9(13-5)7-11(15-10)17-12(2,3)4/h7H,6,8H2,1-5H3,(H,13,14,15). The summed E-state index contributed by atoms with van der Waals surface area (Å²) in [6.45, 7) is 8.92. The number of nitrogens with one attached hydrogen (secondary N) is 1. The van der Waals surface area contributed by atoms with Crippen LogP contribution in [0.1, 0.15) is 33.5 Å². The highest BCUT2D eigenvalue weighted by molar-refractivity contribution is 5.37. The molecule has 1 heterocycles. The van der Waals surface area contributed by atoms with Gasteiger partial charge in [-0.2, -0.15) is 4.98 Å². The van der Waals surface area contributed by atoms with Gasteiger partial charge in [0.15, 0.2) is 5.82 Å². The predicted molar refractivity (Wildman–Crippen MR) is 67.3 cm³/mol. The number of rotatable bonds is 5. The second-order valence-corrected chi connectivity index (χ2v) is 4.61. The van der Waals surface area contributed by atoms with Crippen LogP contribution in [0, 0.1) is 0 Å². The van der Waals surface area contributed by atoms with E-state index in [9.17, 15) is 0 Å². The van der Waals surface area contributed by atoms with Crippen molar-refractivity contribution in [1.82, 2.24) is 9.97 Å². The van der Waals surface area contributed by atoms with Gasteiger partial charge in [0.2, 0.25) is 5.88 Å². The Kier molecular flexibility index (Phi) is 4.69. The second kappa shape index (κ2) is 5.82. The van der Waals surface area contributed by atoms with Crippen molar-refractivity contribution in [3.63, 3.8) is 0 Å². The summed E-state index contributed by atoms with van der Waals surface area (Å²) in [7, 11) is 1.81. The van der Waals surface area contributed by atoms with Gasteiger partial charge in [0.05, 0.1) is 0 Å². The number of ether oxygens (including phenoxy) is 2. The van der Waals surface area contributed by atoms with E-state index in [4.69, 9.17) is 9.47 Å². The molecule has 0 bridgehead atoms. The minimum Gasteiger partial charge on any atom is -0.472 e. The summed E-state index contributed by atoms with van der Waals surface area (Å²) in [5.74, 6) is 1.92. The van der Waals surface area contributed by atoms with E-state index in [1.54, 1.807) is 6.07 Å². The summed E-state index contributed by atoms with van der Waals surface area (Å²) in [6.07, 6.45) is 0. The summed E-state index contributed by atoms with van der Waals surface area (Å²) >= 11 is 0. The lowest BCUT2D eigenvalue weighted by atomic mass is 10.2. The van der Waals surface area contributed by atoms with Gasteiger partial charge in [0.1, 0.15) is 18.0 Å². The molecule has 0 aromatic carbocycles. The van der Waals surface area contributed by atoms with Gasteiger partial charge in [-0.15, -0.1) is 0 Å². The Bertz CT molecular complexity index is 361. The zero-order valence-electron chi connectivity index (χ0n) is 11.2. The van der Waals surface area contributed by atoms with Crippen LogP contribution in [0.3, 0.4) is 0 Å². The first-order chi connectivity index (χ1) is 7.94. The molecule has 1 rings (SSSR count). The summed E-state index contributed by atoms with van der Waals surface area (Å²) < 4.78 is 11.0. The maximum Gasteiger partial charge on any atom is 0.219 e. The highest BCUT2D eigenvalue weighted by Gasteiger charge is 2.14. The van der Waals surface area contributed by atoms with Crippen LogP contribution in [0.4, 0.5) is 5.82 Å². The quantitative estimate of drug-likeness (QED) is 0.854. The monoisotopic (exact) mass is 239 g/mol.